The minimum atomic E-state index is -0.442. The zero-order valence-electron chi connectivity index (χ0n) is 13.4. The zero-order chi connectivity index (χ0) is 15.3. The van der Waals surface area contributed by atoms with Crippen LogP contribution in [-0.4, -0.2) is 19.5 Å². The predicted octanol–water partition coefficient (Wildman–Crippen LogP) is 3.54. The van der Waals surface area contributed by atoms with Crippen LogP contribution in [0.3, 0.4) is 0 Å². The summed E-state index contributed by atoms with van der Waals surface area (Å²) in [6, 6.07) is 8.18. The monoisotopic (exact) mass is 276 g/mol. The number of amides is 1. The third-order valence-electron chi connectivity index (χ3n) is 4.43. The molecule has 0 spiro atoms. The molecule has 3 nitrogen and oxygen atoms in total. The molecule has 0 heterocycles. The molecule has 0 bridgehead atoms. The van der Waals surface area contributed by atoms with Gasteiger partial charge in [-0.05, 0) is 36.5 Å². The van der Waals surface area contributed by atoms with Crippen LogP contribution < -0.4 is 10.6 Å². The molecular formula is C17H28N2O. The van der Waals surface area contributed by atoms with Crippen molar-refractivity contribution in [3.63, 3.8) is 0 Å². The van der Waals surface area contributed by atoms with E-state index in [0.29, 0.717) is 12.5 Å². The van der Waals surface area contributed by atoms with Crippen LogP contribution in [0, 0.1) is 5.41 Å². The van der Waals surface area contributed by atoms with Gasteiger partial charge in [0.05, 0.1) is 5.41 Å². The summed E-state index contributed by atoms with van der Waals surface area (Å²) < 4.78 is 0. The first kappa shape index (κ1) is 16.7. The molecule has 0 aliphatic rings. The van der Waals surface area contributed by atoms with Gasteiger partial charge >= 0.3 is 0 Å². The molecule has 20 heavy (non-hydrogen) atoms. The summed E-state index contributed by atoms with van der Waals surface area (Å²) in [7, 11) is 1.84. The Kier molecular flexibility index (Phi) is 5.75. The van der Waals surface area contributed by atoms with Crippen molar-refractivity contribution in [3.8, 4) is 0 Å². The third-order valence-corrected chi connectivity index (χ3v) is 4.43. The van der Waals surface area contributed by atoms with Gasteiger partial charge < -0.3 is 10.6 Å². The van der Waals surface area contributed by atoms with Gasteiger partial charge in [0.15, 0.2) is 0 Å². The molecule has 1 amide bonds. The second kappa shape index (κ2) is 6.89. The van der Waals surface area contributed by atoms with Crippen LogP contribution in [0.2, 0.25) is 0 Å². The van der Waals surface area contributed by atoms with Gasteiger partial charge in [0.25, 0.3) is 0 Å². The topological polar surface area (TPSA) is 46.3 Å². The number of hydrogen-bond acceptors (Lipinski definition) is 2. The SMILES string of the molecule is CCC(CC)(CN)C(=O)N(C)c1cccc(C(C)C)c1. The molecule has 0 aliphatic heterocycles. The summed E-state index contributed by atoms with van der Waals surface area (Å²) in [6.07, 6.45) is 1.54. The van der Waals surface area contributed by atoms with E-state index in [4.69, 9.17) is 5.73 Å². The first-order chi connectivity index (χ1) is 9.41. The van der Waals surface area contributed by atoms with Gasteiger partial charge in [-0.3, -0.25) is 4.79 Å². The van der Waals surface area contributed by atoms with Crippen LogP contribution in [-0.2, 0) is 4.79 Å². The highest BCUT2D eigenvalue weighted by molar-refractivity contribution is 5.97. The fourth-order valence-electron chi connectivity index (χ4n) is 2.49. The Bertz CT molecular complexity index is 442. The molecule has 2 N–H and O–H groups in total. The van der Waals surface area contributed by atoms with Crippen LogP contribution in [0.5, 0.6) is 0 Å². The number of rotatable bonds is 6. The highest BCUT2D eigenvalue weighted by Crippen LogP contribution is 2.30. The molecule has 1 aromatic carbocycles. The number of carbonyl (C=O) groups is 1. The molecule has 1 aromatic rings. The lowest BCUT2D eigenvalue weighted by molar-refractivity contribution is -0.127. The number of anilines is 1. The van der Waals surface area contributed by atoms with Crippen molar-refractivity contribution in [1.82, 2.24) is 0 Å². The Morgan fingerprint density at radius 1 is 1.30 bits per heavy atom. The lowest BCUT2D eigenvalue weighted by atomic mass is 9.81. The van der Waals surface area contributed by atoms with Gasteiger partial charge in [-0.25, -0.2) is 0 Å². The Labute approximate surface area is 123 Å². The first-order valence-corrected chi connectivity index (χ1v) is 7.50. The summed E-state index contributed by atoms with van der Waals surface area (Å²) in [4.78, 5) is 14.5. The molecule has 3 heteroatoms. The predicted molar refractivity (Wildman–Crippen MR) is 86.0 cm³/mol. The minimum absolute atomic E-state index is 0.117. The maximum atomic E-state index is 12.8. The van der Waals surface area contributed by atoms with E-state index in [0.717, 1.165) is 18.5 Å². The summed E-state index contributed by atoms with van der Waals surface area (Å²) in [5.41, 5.74) is 7.62. The van der Waals surface area contributed by atoms with Crippen molar-refractivity contribution in [3.05, 3.63) is 29.8 Å². The van der Waals surface area contributed by atoms with Crippen molar-refractivity contribution in [1.29, 1.82) is 0 Å². The average Bonchev–Trinajstić information content (AvgIpc) is 2.48. The maximum absolute atomic E-state index is 12.8. The number of nitrogens with zero attached hydrogens (tertiary/aromatic N) is 1. The molecule has 0 radical (unpaired) electrons. The molecule has 0 aliphatic carbocycles. The second-order valence-electron chi connectivity index (χ2n) is 5.81. The lowest BCUT2D eigenvalue weighted by Gasteiger charge is -2.33. The van der Waals surface area contributed by atoms with E-state index in [-0.39, 0.29) is 5.91 Å². The highest BCUT2D eigenvalue weighted by atomic mass is 16.2. The quantitative estimate of drug-likeness (QED) is 0.864. The number of benzene rings is 1. The van der Waals surface area contributed by atoms with E-state index in [1.807, 2.05) is 33.0 Å². The molecule has 0 aromatic heterocycles. The second-order valence-corrected chi connectivity index (χ2v) is 5.81. The van der Waals surface area contributed by atoms with Gasteiger partial charge in [0, 0.05) is 19.3 Å². The largest absolute Gasteiger partial charge is 0.329 e. The Morgan fingerprint density at radius 3 is 2.35 bits per heavy atom. The summed E-state index contributed by atoms with van der Waals surface area (Å²) in [6.45, 7) is 8.78. The minimum Gasteiger partial charge on any atom is -0.329 e. The molecule has 112 valence electrons. The van der Waals surface area contributed by atoms with Crippen LogP contribution in [0.15, 0.2) is 24.3 Å². The van der Waals surface area contributed by atoms with Gasteiger partial charge in [-0.15, -0.1) is 0 Å². The van der Waals surface area contributed by atoms with E-state index in [2.05, 4.69) is 26.0 Å². The summed E-state index contributed by atoms with van der Waals surface area (Å²) >= 11 is 0. The Hall–Kier alpha value is -1.35. The standard InChI is InChI=1S/C17H28N2O/c1-6-17(7-2,12-18)16(20)19(5)15-10-8-9-14(11-15)13(3)4/h8-11,13H,6-7,12,18H2,1-5H3. The smallest absolute Gasteiger partial charge is 0.234 e. The van der Waals surface area contributed by atoms with Gasteiger partial charge in [-0.2, -0.15) is 0 Å². The van der Waals surface area contributed by atoms with Gasteiger partial charge in [0.2, 0.25) is 5.91 Å². The lowest BCUT2D eigenvalue weighted by Crippen LogP contribution is -2.46. The number of nitrogens with two attached hydrogens (primary N) is 1. The Balaban J connectivity index is 3.08. The molecule has 0 saturated carbocycles. The van der Waals surface area contributed by atoms with Crippen molar-refractivity contribution >= 4 is 11.6 Å². The number of hydrogen-bond donors (Lipinski definition) is 1. The first-order valence-electron chi connectivity index (χ1n) is 7.50. The van der Waals surface area contributed by atoms with Crippen molar-refractivity contribution in [2.24, 2.45) is 11.1 Å². The fourth-order valence-corrected chi connectivity index (χ4v) is 2.49. The summed E-state index contributed by atoms with van der Waals surface area (Å²) in [5.74, 6) is 0.570. The van der Waals surface area contributed by atoms with Gasteiger partial charge in [0.1, 0.15) is 0 Å². The van der Waals surface area contributed by atoms with E-state index >= 15 is 0 Å². The molecule has 0 fully saturated rings. The van der Waals surface area contributed by atoms with Crippen molar-refractivity contribution < 1.29 is 4.79 Å². The van der Waals surface area contributed by atoms with Crippen LogP contribution in [0.4, 0.5) is 5.69 Å². The maximum Gasteiger partial charge on any atom is 0.234 e. The fraction of sp³-hybridized carbons (Fsp3) is 0.588. The van der Waals surface area contributed by atoms with Gasteiger partial charge in [-0.1, -0.05) is 39.8 Å². The third kappa shape index (κ3) is 3.21. The van der Waals surface area contributed by atoms with Crippen LogP contribution >= 0.6 is 0 Å². The van der Waals surface area contributed by atoms with Crippen molar-refractivity contribution in [2.75, 3.05) is 18.5 Å². The molecular weight excluding hydrogens is 248 g/mol. The normalized spacial score (nSPS) is 11.8. The van der Waals surface area contributed by atoms with E-state index < -0.39 is 5.41 Å². The zero-order valence-corrected chi connectivity index (χ0v) is 13.4. The van der Waals surface area contributed by atoms with E-state index in [9.17, 15) is 4.79 Å². The molecule has 0 saturated heterocycles. The van der Waals surface area contributed by atoms with E-state index in [1.54, 1.807) is 4.90 Å². The highest BCUT2D eigenvalue weighted by Gasteiger charge is 2.36. The summed E-state index contributed by atoms with van der Waals surface area (Å²) in [5, 5.41) is 0. The van der Waals surface area contributed by atoms with Crippen LogP contribution in [0.25, 0.3) is 0 Å². The number of carbonyl (C=O) groups excluding carboxylic acids is 1. The molecule has 1 rings (SSSR count). The van der Waals surface area contributed by atoms with Crippen LogP contribution in [0.1, 0.15) is 52.0 Å². The molecule has 0 atom stereocenters. The van der Waals surface area contributed by atoms with E-state index in [1.165, 1.54) is 5.56 Å². The average molecular weight is 276 g/mol. The van der Waals surface area contributed by atoms with Crippen molar-refractivity contribution in [2.45, 2.75) is 46.5 Å². The Morgan fingerprint density at radius 2 is 1.90 bits per heavy atom. The molecule has 0 unspecified atom stereocenters.